The van der Waals surface area contributed by atoms with Crippen molar-refractivity contribution in [1.29, 1.82) is 0 Å². The van der Waals surface area contributed by atoms with Crippen LogP contribution in [0.25, 0.3) is 0 Å². The smallest absolute Gasteiger partial charge is 0.243 e. The van der Waals surface area contributed by atoms with Gasteiger partial charge in [-0.25, -0.2) is 4.90 Å². The highest BCUT2D eigenvalue weighted by molar-refractivity contribution is 8.00. The number of hydrogen-bond acceptors (Lipinski definition) is 4. The van der Waals surface area contributed by atoms with Gasteiger partial charge in [0.1, 0.15) is 0 Å². The summed E-state index contributed by atoms with van der Waals surface area (Å²) in [5.41, 5.74) is 1.73. The van der Waals surface area contributed by atoms with E-state index in [2.05, 4.69) is 5.32 Å². The number of nitrogens with zero attached hydrogens (tertiary/aromatic N) is 1. The molecule has 2 rings (SSSR count). The van der Waals surface area contributed by atoms with E-state index in [0.29, 0.717) is 17.2 Å². The molecule has 4 nitrogen and oxygen atoms in total. The van der Waals surface area contributed by atoms with Gasteiger partial charge in [-0.1, -0.05) is 12.1 Å². The van der Waals surface area contributed by atoms with E-state index >= 15 is 0 Å². The summed E-state index contributed by atoms with van der Waals surface area (Å²) in [6, 6.07) is 7.51. The predicted octanol–water partition coefficient (Wildman–Crippen LogP) is 1.01. The highest BCUT2D eigenvalue weighted by atomic mass is 32.2. The Balaban J connectivity index is 2.28. The average molecular weight is 250 g/mol. The van der Waals surface area contributed by atoms with Gasteiger partial charge in [-0.3, -0.25) is 9.59 Å². The van der Waals surface area contributed by atoms with Crippen molar-refractivity contribution in [2.75, 3.05) is 23.5 Å². The summed E-state index contributed by atoms with van der Waals surface area (Å²) in [6.07, 6.45) is 0. The predicted molar refractivity (Wildman–Crippen MR) is 69.0 cm³/mol. The molecule has 0 unspecified atom stereocenters. The fourth-order valence-corrected chi connectivity index (χ4v) is 2.50. The molecular weight excluding hydrogens is 236 g/mol. The average Bonchev–Trinajstić information content (AvgIpc) is 2.30. The molecule has 1 N–H and O–H groups in total. The number of rotatable bonds is 3. The summed E-state index contributed by atoms with van der Waals surface area (Å²) < 4.78 is 0. The van der Waals surface area contributed by atoms with E-state index in [4.69, 9.17) is 0 Å². The van der Waals surface area contributed by atoms with E-state index in [1.807, 2.05) is 25.2 Å². The first-order valence-corrected chi connectivity index (χ1v) is 6.55. The molecule has 0 aromatic heterocycles. The maximum Gasteiger partial charge on any atom is 0.243 e. The van der Waals surface area contributed by atoms with Gasteiger partial charge in [0.2, 0.25) is 11.8 Å². The second-order valence-electron chi connectivity index (χ2n) is 3.82. The summed E-state index contributed by atoms with van der Waals surface area (Å²) in [7, 11) is 1.86. The van der Waals surface area contributed by atoms with Crippen LogP contribution >= 0.6 is 11.8 Å². The van der Waals surface area contributed by atoms with Crippen LogP contribution in [-0.4, -0.2) is 30.4 Å². The number of hydrogen-bond donors (Lipinski definition) is 1. The minimum absolute atomic E-state index is 0.132. The quantitative estimate of drug-likeness (QED) is 0.814. The second kappa shape index (κ2) is 5.33. The third-order valence-corrected chi connectivity index (χ3v) is 3.40. The first-order valence-electron chi connectivity index (χ1n) is 5.39. The van der Waals surface area contributed by atoms with E-state index < -0.39 is 0 Å². The number of nitrogens with one attached hydrogen (secondary N) is 1. The van der Waals surface area contributed by atoms with Crippen molar-refractivity contribution in [3.8, 4) is 0 Å². The van der Waals surface area contributed by atoms with Crippen LogP contribution in [0, 0.1) is 0 Å². The largest absolute Gasteiger partial charge is 0.316 e. The van der Waals surface area contributed by atoms with Crippen molar-refractivity contribution in [3.63, 3.8) is 0 Å². The molecular formula is C12H14N2O2S. The summed E-state index contributed by atoms with van der Waals surface area (Å²) in [5, 5.41) is 3.04. The third kappa shape index (κ3) is 2.68. The Labute approximate surface area is 104 Å². The Morgan fingerprint density at radius 2 is 2.00 bits per heavy atom. The van der Waals surface area contributed by atoms with Crippen molar-refractivity contribution in [2.45, 2.75) is 6.54 Å². The molecule has 1 fully saturated rings. The van der Waals surface area contributed by atoms with Gasteiger partial charge in [0, 0.05) is 6.54 Å². The van der Waals surface area contributed by atoms with Crippen LogP contribution in [0.1, 0.15) is 5.56 Å². The molecule has 0 bridgehead atoms. The van der Waals surface area contributed by atoms with Crippen LogP contribution in [-0.2, 0) is 16.1 Å². The first kappa shape index (κ1) is 12.1. The van der Waals surface area contributed by atoms with Crippen LogP contribution in [0.2, 0.25) is 0 Å². The maximum atomic E-state index is 11.7. The topological polar surface area (TPSA) is 49.4 Å². The first-order chi connectivity index (χ1) is 8.22. The Bertz CT molecular complexity index is 432. The molecule has 5 heteroatoms. The molecule has 0 spiro atoms. The van der Waals surface area contributed by atoms with Crippen LogP contribution in [0.4, 0.5) is 5.69 Å². The fraction of sp³-hybridized carbons (Fsp3) is 0.333. The zero-order valence-electron chi connectivity index (χ0n) is 9.60. The molecule has 1 aromatic rings. The number of benzene rings is 1. The number of carbonyl (C=O) groups is 2. The van der Waals surface area contributed by atoms with Crippen molar-refractivity contribution < 1.29 is 9.59 Å². The summed E-state index contributed by atoms with van der Waals surface area (Å²) in [6.45, 7) is 0.721. The van der Waals surface area contributed by atoms with Crippen molar-refractivity contribution in [2.24, 2.45) is 0 Å². The monoisotopic (exact) mass is 250 g/mol. The van der Waals surface area contributed by atoms with Crippen LogP contribution in [0.3, 0.4) is 0 Å². The van der Waals surface area contributed by atoms with Gasteiger partial charge in [-0.05, 0) is 24.7 Å². The summed E-state index contributed by atoms with van der Waals surface area (Å²) >= 11 is 1.37. The molecule has 1 aliphatic heterocycles. The molecule has 17 heavy (non-hydrogen) atoms. The number of amides is 2. The Hall–Kier alpha value is -1.33. The normalized spacial score (nSPS) is 16.4. The summed E-state index contributed by atoms with van der Waals surface area (Å²) in [5.74, 6) is 0.491. The van der Waals surface area contributed by atoms with Gasteiger partial charge in [-0.15, -0.1) is 11.8 Å². The van der Waals surface area contributed by atoms with Crippen molar-refractivity contribution in [3.05, 3.63) is 29.8 Å². The highest BCUT2D eigenvalue weighted by Gasteiger charge is 2.27. The van der Waals surface area contributed by atoms with E-state index in [9.17, 15) is 9.59 Å². The van der Waals surface area contributed by atoms with Crippen LogP contribution in [0.5, 0.6) is 0 Å². The van der Waals surface area contributed by atoms with Gasteiger partial charge < -0.3 is 5.32 Å². The molecule has 1 aromatic carbocycles. The third-order valence-electron chi connectivity index (χ3n) is 2.50. The molecule has 0 atom stereocenters. The van der Waals surface area contributed by atoms with Gasteiger partial charge in [-0.2, -0.15) is 0 Å². The highest BCUT2D eigenvalue weighted by Crippen LogP contribution is 2.22. The molecule has 0 radical (unpaired) electrons. The van der Waals surface area contributed by atoms with Gasteiger partial charge in [0.25, 0.3) is 0 Å². The van der Waals surface area contributed by atoms with Gasteiger partial charge >= 0.3 is 0 Å². The molecule has 0 aliphatic carbocycles. The molecule has 1 saturated heterocycles. The zero-order valence-corrected chi connectivity index (χ0v) is 10.4. The molecule has 90 valence electrons. The summed E-state index contributed by atoms with van der Waals surface area (Å²) in [4.78, 5) is 24.8. The Morgan fingerprint density at radius 3 is 2.65 bits per heavy atom. The lowest BCUT2D eigenvalue weighted by Gasteiger charge is -2.24. The van der Waals surface area contributed by atoms with Crippen molar-refractivity contribution >= 4 is 29.3 Å². The number of carbonyl (C=O) groups excluding carboxylic acids is 2. The standard InChI is InChI=1S/C12H14N2O2S/c1-13-6-9-3-2-4-10(5-9)14-11(15)7-17-8-12(14)16/h2-5,13H,6-8H2,1H3. The van der Waals surface area contributed by atoms with Gasteiger partial charge in [0.15, 0.2) is 0 Å². The SMILES string of the molecule is CNCc1cccc(N2C(=O)CSCC2=O)c1. The molecule has 1 aliphatic rings. The fourth-order valence-electron chi connectivity index (χ4n) is 1.79. The number of thioether (sulfide) groups is 1. The Kier molecular flexibility index (Phi) is 3.81. The lowest BCUT2D eigenvalue weighted by atomic mass is 10.2. The second-order valence-corrected chi connectivity index (χ2v) is 4.80. The molecule has 0 saturated carbocycles. The maximum absolute atomic E-state index is 11.7. The minimum atomic E-state index is -0.132. The Morgan fingerprint density at radius 1 is 1.29 bits per heavy atom. The van der Waals surface area contributed by atoms with E-state index in [-0.39, 0.29) is 11.8 Å². The van der Waals surface area contributed by atoms with E-state index in [0.717, 1.165) is 12.1 Å². The van der Waals surface area contributed by atoms with Crippen LogP contribution in [0.15, 0.2) is 24.3 Å². The molecule has 2 amide bonds. The van der Waals surface area contributed by atoms with E-state index in [1.165, 1.54) is 16.7 Å². The zero-order chi connectivity index (χ0) is 12.3. The lowest BCUT2D eigenvalue weighted by Crippen LogP contribution is -2.43. The van der Waals surface area contributed by atoms with Crippen LogP contribution < -0.4 is 10.2 Å². The van der Waals surface area contributed by atoms with E-state index in [1.54, 1.807) is 6.07 Å². The van der Waals surface area contributed by atoms with Crippen molar-refractivity contribution in [1.82, 2.24) is 5.32 Å². The number of imide groups is 1. The lowest BCUT2D eigenvalue weighted by molar-refractivity contribution is -0.124. The number of anilines is 1. The minimum Gasteiger partial charge on any atom is -0.316 e. The molecule has 1 heterocycles. The van der Waals surface area contributed by atoms with Gasteiger partial charge in [0.05, 0.1) is 17.2 Å².